The molecule has 2 aromatic rings. The lowest BCUT2D eigenvalue weighted by Gasteiger charge is -2.10. The predicted molar refractivity (Wildman–Crippen MR) is 77.6 cm³/mol. The molecule has 2 N–H and O–H groups in total. The van der Waals surface area contributed by atoms with Crippen LogP contribution in [0.15, 0.2) is 45.2 Å². The third kappa shape index (κ3) is 3.68. The van der Waals surface area contributed by atoms with Gasteiger partial charge in [-0.1, -0.05) is 23.9 Å². The zero-order chi connectivity index (χ0) is 13.8. The number of aromatic nitrogens is 2. The first-order valence-electron chi connectivity index (χ1n) is 6.11. The van der Waals surface area contributed by atoms with Crippen molar-refractivity contribution in [2.45, 2.75) is 29.9 Å². The van der Waals surface area contributed by atoms with Gasteiger partial charge in [-0.2, -0.15) is 0 Å². The van der Waals surface area contributed by atoms with E-state index in [0.29, 0.717) is 11.2 Å². The van der Waals surface area contributed by atoms with Crippen molar-refractivity contribution >= 4 is 11.8 Å². The number of aromatic amines is 1. The largest absolute Gasteiger partial charge is 0.313 e. The van der Waals surface area contributed by atoms with Gasteiger partial charge in [-0.25, -0.2) is 4.98 Å². The van der Waals surface area contributed by atoms with E-state index in [1.807, 2.05) is 26.1 Å². The van der Waals surface area contributed by atoms with Crippen LogP contribution in [0, 0.1) is 6.92 Å². The third-order valence-electron chi connectivity index (χ3n) is 2.88. The number of nitrogens with one attached hydrogen (secondary N) is 2. The van der Waals surface area contributed by atoms with E-state index in [1.165, 1.54) is 23.4 Å². The van der Waals surface area contributed by atoms with Crippen LogP contribution in [0.2, 0.25) is 0 Å². The van der Waals surface area contributed by atoms with Gasteiger partial charge in [-0.05, 0) is 38.6 Å². The molecule has 1 aromatic heterocycles. The van der Waals surface area contributed by atoms with Gasteiger partial charge in [0, 0.05) is 22.7 Å². The van der Waals surface area contributed by atoms with Gasteiger partial charge in [-0.15, -0.1) is 0 Å². The number of benzene rings is 1. The Kier molecular flexibility index (Phi) is 4.39. The Balaban J connectivity index is 2.17. The van der Waals surface area contributed by atoms with Crippen molar-refractivity contribution in [3.8, 4) is 0 Å². The van der Waals surface area contributed by atoms with Gasteiger partial charge in [0.1, 0.15) is 0 Å². The van der Waals surface area contributed by atoms with Crippen LogP contribution in [0.5, 0.6) is 0 Å². The van der Waals surface area contributed by atoms with E-state index in [4.69, 9.17) is 0 Å². The molecule has 4 nitrogen and oxygen atoms in total. The van der Waals surface area contributed by atoms with E-state index in [2.05, 4.69) is 34.3 Å². The van der Waals surface area contributed by atoms with Crippen molar-refractivity contribution in [2.75, 3.05) is 7.05 Å². The Morgan fingerprint density at radius 3 is 2.58 bits per heavy atom. The molecule has 2 rings (SSSR count). The number of hydrogen-bond donors (Lipinski definition) is 2. The summed E-state index contributed by atoms with van der Waals surface area (Å²) in [6.07, 6.45) is 0. The second kappa shape index (κ2) is 6.04. The molecule has 1 atom stereocenters. The fourth-order valence-electron chi connectivity index (χ4n) is 1.70. The molecule has 0 radical (unpaired) electrons. The zero-order valence-electron chi connectivity index (χ0n) is 11.2. The molecule has 1 aromatic carbocycles. The number of rotatable bonds is 4. The normalized spacial score (nSPS) is 12.4. The summed E-state index contributed by atoms with van der Waals surface area (Å²) in [6.45, 7) is 3.93. The van der Waals surface area contributed by atoms with E-state index >= 15 is 0 Å². The summed E-state index contributed by atoms with van der Waals surface area (Å²) in [6, 6.07) is 10.1. The highest BCUT2D eigenvalue weighted by Gasteiger charge is 2.04. The maximum absolute atomic E-state index is 11.4. The molecule has 0 aliphatic heterocycles. The Bertz CT molecular complexity index is 607. The zero-order valence-corrected chi connectivity index (χ0v) is 12.0. The van der Waals surface area contributed by atoms with Crippen molar-refractivity contribution in [1.82, 2.24) is 15.3 Å². The predicted octanol–water partition coefficient (Wildman–Crippen LogP) is 2.51. The summed E-state index contributed by atoms with van der Waals surface area (Å²) in [5.41, 5.74) is 1.85. The van der Waals surface area contributed by atoms with Crippen LogP contribution >= 0.6 is 11.8 Å². The van der Waals surface area contributed by atoms with Crippen LogP contribution in [0.3, 0.4) is 0 Å². The molecular formula is C14H17N3OS. The number of nitrogens with zero attached hydrogens (tertiary/aromatic N) is 1. The van der Waals surface area contributed by atoms with Crippen molar-refractivity contribution in [1.29, 1.82) is 0 Å². The highest BCUT2D eigenvalue weighted by Crippen LogP contribution is 2.25. The SMILES string of the molecule is CNC(C)c1ccc(Sc2nc(C)cc(=O)[nH]2)cc1. The summed E-state index contributed by atoms with van der Waals surface area (Å²) in [4.78, 5) is 19.4. The van der Waals surface area contributed by atoms with E-state index in [-0.39, 0.29) is 5.56 Å². The van der Waals surface area contributed by atoms with Gasteiger partial charge in [0.25, 0.3) is 5.56 Å². The summed E-state index contributed by atoms with van der Waals surface area (Å²) < 4.78 is 0. The molecule has 5 heteroatoms. The summed E-state index contributed by atoms with van der Waals surface area (Å²) in [5.74, 6) is 0. The first kappa shape index (κ1) is 13.8. The second-order valence-electron chi connectivity index (χ2n) is 4.37. The Morgan fingerprint density at radius 2 is 2.00 bits per heavy atom. The molecule has 19 heavy (non-hydrogen) atoms. The van der Waals surface area contributed by atoms with E-state index in [1.54, 1.807) is 0 Å². The highest BCUT2D eigenvalue weighted by molar-refractivity contribution is 7.99. The third-order valence-corrected chi connectivity index (χ3v) is 3.77. The average Bonchev–Trinajstić information content (AvgIpc) is 2.37. The average molecular weight is 275 g/mol. The van der Waals surface area contributed by atoms with Gasteiger partial charge >= 0.3 is 0 Å². The molecule has 0 aliphatic rings. The summed E-state index contributed by atoms with van der Waals surface area (Å²) in [7, 11) is 1.94. The molecule has 0 bridgehead atoms. The minimum atomic E-state index is -0.115. The van der Waals surface area contributed by atoms with Crippen molar-refractivity contribution < 1.29 is 0 Å². The molecule has 0 saturated carbocycles. The maximum atomic E-state index is 11.4. The molecular weight excluding hydrogens is 258 g/mol. The van der Waals surface area contributed by atoms with Crippen molar-refractivity contribution in [3.05, 3.63) is 51.9 Å². The second-order valence-corrected chi connectivity index (χ2v) is 5.44. The number of hydrogen-bond acceptors (Lipinski definition) is 4. The minimum absolute atomic E-state index is 0.115. The van der Waals surface area contributed by atoms with Crippen LogP contribution < -0.4 is 10.9 Å². The Hall–Kier alpha value is -1.59. The lowest BCUT2D eigenvalue weighted by atomic mass is 10.1. The van der Waals surface area contributed by atoms with Gasteiger partial charge in [-0.3, -0.25) is 4.79 Å². The van der Waals surface area contributed by atoms with Gasteiger partial charge in [0.05, 0.1) is 0 Å². The topological polar surface area (TPSA) is 57.8 Å². The Labute approximate surface area is 116 Å². The molecule has 1 unspecified atom stereocenters. The first-order valence-corrected chi connectivity index (χ1v) is 6.93. The van der Waals surface area contributed by atoms with Gasteiger partial charge < -0.3 is 10.3 Å². The van der Waals surface area contributed by atoms with Crippen molar-refractivity contribution in [2.24, 2.45) is 0 Å². The Morgan fingerprint density at radius 1 is 1.32 bits per heavy atom. The van der Waals surface area contributed by atoms with Gasteiger partial charge in [0.2, 0.25) is 0 Å². The van der Waals surface area contributed by atoms with E-state index < -0.39 is 0 Å². The van der Waals surface area contributed by atoms with Crippen LogP contribution in [-0.4, -0.2) is 17.0 Å². The monoisotopic (exact) mass is 275 g/mol. The highest BCUT2D eigenvalue weighted by atomic mass is 32.2. The molecule has 0 fully saturated rings. The first-order chi connectivity index (χ1) is 9.08. The fraction of sp³-hybridized carbons (Fsp3) is 0.286. The maximum Gasteiger partial charge on any atom is 0.251 e. The smallest absolute Gasteiger partial charge is 0.251 e. The van der Waals surface area contributed by atoms with E-state index in [9.17, 15) is 4.79 Å². The summed E-state index contributed by atoms with van der Waals surface area (Å²) in [5, 5.41) is 3.82. The summed E-state index contributed by atoms with van der Waals surface area (Å²) >= 11 is 1.46. The number of aryl methyl sites for hydroxylation is 1. The van der Waals surface area contributed by atoms with Crippen LogP contribution in [0.25, 0.3) is 0 Å². The molecule has 0 aliphatic carbocycles. The molecule has 0 amide bonds. The molecule has 0 saturated heterocycles. The van der Waals surface area contributed by atoms with Crippen LogP contribution in [0.4, 0.5) is 0 Å². The van der Waals surface area contributed by atoms with Crippen LogP contribution in [-0.2, 0) is 0 Å². The standard InChI is InChI=1S/C14H17N3OS/c1-9-8-13(18)17-14(16-9)19-12-6-4-11(5-7-12)10(2)15-3/h4-8,10,15H,1-3H3,(H,16,17,18). The minimum Gasteiger partial charge on any atom is -0.313 e. The van der Waals surface area contributed by atoms with Gasteiger partial charge in [0.15, 0.2) is 5.16 Å². The molecule has 1 heterocycles. The fourth-order valence-corrected chi connectivity index (χ4v) is 2.54. The molecule has 100 valence electrons. The van der Waals surface area contributed by atoms with E-state index in [0.717, 1.165) is 10.6 Å². The lowest BCUT2D eigenvalue weighted by Crippen LogP contribution is -2.11. The number of H-pyrrole nitrogens is 1. The lowest BCUT2D eigenvalue weighted by molar-refractivity contribution is 0.652. The van der Waals surface area contributed by atoms with Crippen LogP contribution in [0.1, 0.15) is 24.2 Å². The van der Waals surface area contributed by atoms with Crippen molar-refractivity contribution in [3.63, 3.8) is 0 Å². The quantitative estimate of drug-likeness (QED) is 0.842. The molecule has 0 spiro atoms.